The van der Waals surface area contributed by atoms with Gasteiger partial charge in [-0.05, 0) is 30.2 Å². The molecule has 108 valence electrons. The molecule has 0 aliphatic heterocycles. The molecule has 1 aromatic heterocycles. The minimum atomic E-state index is -2.82. The Bertz CT molecular complexity index is 540. The number of aryl methyl sites for hydroxylation is 1. The molecule has 1 aromatic carbocycles. The smallest absolute Gasteiger partial charge is 0.387 e. The fraction of sp³-hybridized carbons (Fsp3) is 0.357. The summed E-state index contributed by atoms with van der Waals surface area (Å²) in [5.41, 5.74) is 7.91. The highest BCUT2D eigenvalue weighted by molar-refractivity contribution is 5.32. The van der Waals surface area contributed by atoms with Gasteiger partial charge in [0.05, 0.1) is 11.7 Å². The Morgan fingerprint density at radius 1 is 1.25 bits per heavy atom. The van der Waals surface area contributed by atoms with Crippen molar-refractivity contribution in [2.24, 2.45) is 5.73 Å². The predicted molar refractivity (Wildman–Crippen MR) is 71.6 cm³/mol. The van der Waals surface area contributed by atoms with Gasteiger partial charge in [0.15, 0.2) is 0 Å². The Labute approximate surface area is 116 Å². The third-order valence-electron chi connectivity index (χ3n) is 2.97. The van der Waals surface area contributed by atoms with E-state index in [2.05, 4.69) is 16.8 Å². The Hall–Kier alpha value is -1.95. The molecule has 0 fully saturated rings. The summed E-state index contributed by atoms with van der Waals surface area (Å²) in [7, 11) is 0. The number of rotatable bonds is 6. The molecule has 0 aliphatic carbocycles. The lowest BCUT2D eigenvalue weighted by Gasteiger charge is -2.15. The zero-order valence-corrected chi connectivity index (χ0v) is 11.2. The van der Waals surface area contributed by atoms with Gasteiger partial charge in [0, 0.05) is 12.7 Å². The number of benzene rings is 1. The minimum absolute atomic E-state index is 0.123. The Morgan fingerprint density at radius 3 is 2.55 bits per heavy atom. The molecule has 4 nitrogen and oxygen atoms in total. The first-order valence-electron chi connectivity index (χ1n) is 6.44. The standard InChI is InChI=1S/C14H17F2N3O/c1-2-9-19-12(7-8-18-19)13(17)10-3-5-11(6-4-10)20-14(15)16/h3-8,13-14H,2,9,17H2,1H3. The maximum Gasteiger partial charge on any atom is 0.387 e. The van der Waals surface area contributed by atoms with Crippen LogP contribution in [0, 0.1) is 0 Å². The van der Waals surface area contributed by atoms with Crippen LogP contribution in [0.2, 0.25) is 0 Å². The number of hydrogen-bond acceptors (Lipinski definition) is 3. The predicted octanol–water partition coefficient (Wildman–Crippen LogP) is 2.94. The van der Waals surface area contributed by atoms with E-state index in [0.717, 1.165) is 24.2 Å². The van der Waals surface area contributed by atoms with Crippen molar-refractivity contribution in [3.63, 3.8) is 0 Å². The maximum atomic E-state index is 12.1. The van der Waals surface area contributed by atoms with Crippen LogP contribution in [0.25, 0.3) is 0 Å². The van der Waals surface area contributed by atoms with Crippen molar-refractivity contribution in [3.05, 3.63) is 47.8 Å². The number of nitrogens with two attached hydrogens (primary N) is 1. The number of nitrogens with zero attached hydrogens (tertiary/aromatic N) is 2. The number of ether oxygens (including phenoxy) is 1. The third kappa shape index (κ3) is 3.33. The van der Waals surface area contributed by atoms with Gasteiger partial charge in [-0.15, -0.1) is 0 Å². The van der Waals surface area contributed by atoms with Gasteiger partial charge in [0.1, 0.15) is 5.75 Å². The Kier molecular flexibility index (Phi) is 4.68. The van der Waals surface area contributed by atoms with E-state index in [9.17, 15) is 8.78 Å². The van der Waals surface area contributed by atoms with Crippen molar-refractivity contribution in [1.82, 2.24) is 9.78 Å². The summed E-state index contributed by atoms with van der Waals surface area (Å²) < 4.78 is 30.3. The molecule has 6 heteroatoms. The van der Waals surface area contributed by atoms with E-state index in [4.69, 9.17) is 5.73 Å². The van der Waals surface area contributed by atoms with Crippen LogP contribution in [0.15, 0.2) is 36.5 Å². The highest BCUT2D eigenvalue weighted by Gasteiger charge is 2.14. The second kappa shape index (κ2) is 6.47. The van der Waals surface area contributed by atoms with E-state index < -0.39 is 6.61 Å². The van der Waals surface area contributed by atoms with Gasteiger partial charge in [0.25, 0.3) is 0 Å². The van der Waals surface area contributed by atoms with E-state index in [1.54, 1.807) is 18.3 Å². The average molecular weight is 281 g/mol. The van der Waals surface area contributed by atoms with Crippen molar-refractivity contribution < 1.29 is 13.5 Å². The van der Waals surface area contributed by atoms with Crippen LogP contribution in [-0.2, 0) is 6.54 Å². The normalized spacial score (nSPS) is 12.7. The number of aromatic nitrogens is 2. The molecular weight excluding hydrogens is 264 g/mol. The van der Waals surface area contributed by atoms with E-state index in [1.165, 1.54) is 12.1 Å². The molecule has 1 atom stereocenters. The van der Waals surface area contributed by atoms with Gasteiger partial charge >= 0.3 is 6.61 Å². The van der Waals surface area contributed by atoms with E-state index >= 15 is 0 Å². The molecule has 0 saturated carbocycles. The second-order valence-electron chi connectivity index (χ2n) is 4.40. The molecule has 0 spiro atoms. The van der Waals surface area contributed by atoms with Crippen LogP contribution in [0.1, 0.15) is 30.6 Å². The quantitative estimate of drug-likeness (QED) is 0.885. The van der Waals surface area contributed by atoms with Crippen molar-refractivity contribution >= 4 is 0 Å². The van der Waals surface area contributed by atoms with Crippen LogP contribution in [0.5, 0.6) is 5.75 Å². The van der Waals surface area contributed by atoms with Gasteiger partial charge in [0.2, 0.25) is 0 Å². The van der Waals surface area contributed by atoms with Crippen LogP contribution < -0.4 is 10.5 Å². The molecule has 0 aliphatic rings. The van der Waals surface area contributed by atoms with Gasteiger partial charge in [-0.2, -0.15) is 13.9 Å². The van der Waals surface area contributed by atoms with Crippen LogP contribution in [0.4, 0.5) is 8.78 Å². The molecule has 2 aromatic rings. The fourth-order valence-electron chi connectivity index (χ4n) is 2.03. The molecule has 0 radical (unpaired) electrons. The monoisotopic (exact) mass is 281 g/mol. The lowest BCUT2D eigenvalue weighted by molar-refractivity contribution is -0.0498. The summed E-state index contributed by atoms with van der Waals surface area (Å²) in [5.74, 6) is 0.123. The van der Waals surface area contributed by atoms with Crippen LogP contribution >= 0.6 is 0 Å². The molecule has 0 bridgehead atoms. The Balaban J connectivity index is 2.16. The molecule has 2 N–H and O–H groups in total. The van der Waals surface area contributed by atoms with Gasteiger partial charge in [-0.1, -0.05) is 19.1 Å². The van der Waals surface area contributed by atoms with Crippen LogP contribution in [0.3, 0.4) is 0 Å². The Morgan fingerprint density at radius 2 is 1.95 bits per heavy atom. The largest absolute Gasteiger partial charge is 0.435 e. The summed E-state index contributed by atoms with van der Waals surface area (Å²) in [6.45, 7) is 0.0382. The summed E-state index contributed by atoms with van der Waals surface area (Å²) >= 11 is 0. The summed E-state index contributed by atoms with van der Waals surface area (Å²) in [5, 5.41) is 4.22. The van der Waals surface area contributed by atoms with Crippen molar-refractivity contribution in [3.8, 4) is 5.75 Å². The van der Waals surface area contributed by atoms with Gasteiger partial charge in [-0.3, -0.25) is 4.68 Å². The number of halogens is 2. The lowest BCUT2D eigenvalue weighted by atomic mass is 10.0. The fourth-order valence-corrected chi connectivity index (χ4v) is 2.03. The molecule has 1 heterocycles. The van der Waals surface area contributed by atoms with E-state index in [0.29, 0.717) is 0 Å². The SMILES string of the molecule is CCCn1nccc1C(N)c1ccc(OC(F)F)cc1. The van der Waals surface area contributed by atoms with Crippen molar-refractivity contribution in [1.29, 1.82) is 0 Å². The summed E-state index contributed by atoms with van der Waals surface area (Å²) in [6.07, 6.45) is 2.67. The number of hydrogen-bond donors (Lipinski definition) is 1. The van der Waals surface area contributed by atoms with E-state index in [1.807, 2.05) is 10.7 Å². The lowest BCUT2D eigenvalue weighted by Crippen LogP contribution is -2.17. The first-order chi connectivity index (χ1) is 9.61. The minimum Gasteiger partial charge on any atom is -0.435 e. The zero-order valence-electron chi connectivity index (χ0n) is 11.2. The zero-order chi connectivity index (χ0) is 14.5. The first-order valence-corrected chi connectivity index (χ1v) is 6.44. The van der Waals surface area contributed by atoms with Crippen molar-refractivity contribution in [2.45, 2.75) is 32.5 Å². The molecule has 2 rings (SSSR count). The molecule has 20 heavy (non-hydrogen) atoms. The first kappa shape index (κ1) is 14.5. The van der Waals surface area contributed by atoms with Crippen LogP contribution in [-0.4, -0.2) is 16.4 Å². The van der Waals surface area contributed by atoms with Crippen molar-refractivity contribution in [2.75, 3.05) is 0 Å². The van der Waals surface area contributed by atoms with E-state index in [-0.39, 0.29) is 11.8 Å². The summed E-state index contributed by atoms with van der Waals surface area (Å²) in [4.78, 5) is 0. The molecule has 0 saturated heterocycles. The third-order valence-corrected chi connectivity index (χ3v) is 2.97. The number of alkyl halides is 2. The second-order valence-corrected chi connectivity index (χ2v) is 4.40. The highest BCUT2D eigenvalue weighted by Crippen LogP contribution is 2.22. The van der Waals surface area contributed by atoms with Gasteiger partial charge < -0.3 is 10.5 Å². The highest BCUT2D eigenvalue weighted by atomic mass is 19.3. The van der Waals surface area contributed by atoms with Gasteiger partial charge in [-0.25, -0.2) is 0 Å². The maximum absolute atomic E-state index is 12.1. The molecule has 0 amide bonds. The summed E-state index contributed by atoms with van der Waals surface area (Å²) in [6, 6.07) is 7.87. The molecule has 1 unspecified atom stereocenters. The molecular formula is C14H17F2N3O. The topological polar surface area (TPSA) is 53.1 Å². The average Bonchev–Trinajstić information content (AvgIpc) is 2.87.